The fourth-order valence-corrected chi connectivity index (χ4v) is 5.41. The summed E-state index contributed by atoms with van der Waals surface area (Å²) in [6.07, 6.45) is 0.391. The van der Waals surface area contributed by atoms with Crippen LogP contribution in [0.15, 0.2) is 127 Å². The van der Waals surface area contributed by atoms with Gasteiger partial charge in [0, 0.05) is 18.2 Å². The van der Waals surface area contributed by atoms with Crippen LogP contribution < -0.4 is 33.2 Å². The average molecular weight is 1010 g/mol. The van der Waals surface area contributed by atoms with Crippen LogP contribution in [-0.2, 0) is 9.59 Å². The first-order chi connectivity index (χ1) is 34.4. The minimum Gasteiger partial charge on any atom is -0.504 e. The second kappa shape index (κ2) is 25.8. The number of hydrogen-bond acceptors (Lipinski definition) is 18. The number of carbonyl (C=O) groups excluding carboxylic acids is 5. The van der Waals surface area contributed by atoms with Crippen molar-refractivity contribution >= 4 is 30.2 Å². The van der Waals surface area contributed by atoms with Gasteiger partial charge in [-0.05, 0) is 156 Å². The molecule has 386 valence electrons. The van der Waals surface area contributed by atoms with Gasteiger partial charge in [-0.25, -0.2) is 14.4 Å². The van der Waals surface area contributed by atoms with E-state index >= 15 is 0 Å². The summed E-state index contributed by atoms with van der Waals surface area (Å²) in [5, 5.41) is 55.7. The fraction of sp³-hybridized carbons (Fsp3) is 0.255. The van der Waals surface area contributed by atoms with E-state index in [9.17, 15) is 54.6 Å². The molecule has 0 aliphatic carbocycles. The van der Waals surface area contributed by atoms with Gasteiger partial charge in [-0.2, -0.15) is 0 Å². The van der Waals surface area contributed by atoms with Crippen LogP contribution >= 0.6 is 0 Å². The highest BCUT2D eigenvalue weighted by Gasteiger charge is 2.29. The Labute approximate surface area is 421 Å². The molecule has 18 heteroatoms. The van der Waals surface area contributed by atoms with Crippen molar-refractivity contribution in [3.63, 3.8) is 0 Å². The molecule has 0 aliphatic rings. The molecule has 6 aromatic rings. The maximum absolute atomic E-state index is 12.1. The molecule has 6 N–H and O–H groups in total. The Bertz CT molecular complexity index is 2830. The van der Waals surface area contributed by atoms with Crippen LogP contribution in [0.2, 0.25) is 0 Å². The zero-order valence-corrected chi connectivity index (χ0v) is 41.4. The first-order valence-electron chi connectivity index (χ1n) is 22.8. The molecule has 1 unspecified atom stereocenters. The predicted molar refractivity (Wildman–Crippen MR) is 265 cm³/mol. The van der Waals surface area contributed by atoms with E-state index in [0.29, 0.717) is 36.0 Å². The molecule has 0 saturated heterocycles. The van der Waals surface area contributed by atoms with Crippen molar-refractivity contribution in [2.45, 2.75) is 80.6 Å². The molecule has 18 nitrogen and oxygen atoms in total. The number of rotatable bonds is 14. The molecule has 0 saturated carbocycles. The number of ether oxygens (including phenoxy) is 7. The van der Waals surface area contributed by atoms with E-state index in [4.69, 9.17) is 33.2 Å². The lowest BCUT2D eigenvalue weighted by Gasteiger charge is -2.20. The summed E-state index contributed by atoms with van der Waals surface area (Å²) in [7, 11) is 0. The van der Waals surface area contributed by atoms with Crippen LogP contribution in [0.25, 0.3) is 0 Å². The third kappa shape index (κ3) is 17.5. The number of phenolic OH excluding ortho intramolecular Hbond substituents is 6. The average Bonchev–Trinajstić information content (AvgIpc) is 3.36. The third-order valence-electron chi connectivity index (χ3n) is 11.1. The molecule has 0 heterocycles. The lowest BCUT2D eigenvalue weighted by Crippen LogP contribution is -2.28. The quantitative estimate of drug-likeness (QED) is 0.0256. The summed E-state index contributed by atoms with van der Waals surface area (Å²) in [6, 6.07) is 30.1. The zero-order valence-electron chi connectivity index (χ0n) is 41.4. The molecule has 0 radical (unpaired) electrons. The van der Waals surface area contributed by atoms with Gasteiger partial charge in [0.15, 0.2) is 34.5 Å². The van der Waals surface area contributed by atoms with Gasteiger partial charge in [-0.1, -0.05) is 39.8 Å². The molecule has 0 amide bonds. The van der Waals surface area contributed by atoms with Gasteiger partial charge < -0.3 is 63.8 Å². The molecular weight excluding hydrogens is 949 g/mol. The minimum atomic E-state index is -1.02. The SMILES string of the molecule is CCC(C)(C)C(=O)Oc1ccc(C(=O)Oc2ccc(O)c(O)c2)cc1.CCC(C)(C)C(=O)Oc1ccc(OC(=O)Oc2ccc(O)c(O)c2)cc1.CCC(C)c1ccc(OC(=O)Oc2ccc(O)c(O)c2)cc1. The lowest BCUT2D eigenvalue weighted by atomic mass is 9.91. The summed E-state index contributed by atoms with van der Waals surface area (Å²) in [6.45, 7) is 15.2. The first kappa shape index (κ1) is 56.7. The van der Waals surface area contributed by atoms with Gasteiger partial charge in [0.1, 0.15) is 40.2 Å². The van der Waals surface area contributed by atoms with E-state index in [-0.39, 0.29) is 69.2 Å². The van der Waals surface area contributed by atoms with Crippen LogP contribution in [0.5, 0.6) is 74.7 Å². The number of aromatic hydroxyl groups is 6. The molecule has 6 aromatic carbocycles. The van der Waals surface area contributed by atoms with Gasteiger partial charge in [0.2, 0.25) is 0 Å². The molecule has 0 bridgehead atoms. The Balaban J connectivity index is 0.000000238. The predicted octanol–water partition coefficient (Wildman–Crippen LogP) is 11.9. The van der Waals surface area contributed by atoms with Gasteiger partial charge in [-0.3, -0.25) is 9.59 Å². The highest BCUT2D eigenvalue weighted by molar-refractivity contribution is 5.91. The monoisotopic (exact) mass is 1010 g/mol. The van der Waals surface area contributed by atoms with E-state index in [1.165, 1.54) is 90.5 Å². The largest absolute Gasteiger partial charge is 0.519 e. The number of phenols is 6. The highest BCUT2D eigenvalue weighted by atomic mass is 16.7. The summed E-state index contributed by atoms with van der Waals surface area (Å²) in [5.74, 6) is -1.56. The van der Waals surface area contributed by atoms with Gasteiger partial charge in [0.05, 0.1) is 16.4 Å². The van der Waals surface area contributed by atoms with Crippen LogP contribution in [0.4, 0.5) is 9.59 Å². The second-order valence-corrected chi connectivity index (χ2v) is 17.4. The molecule has 0 aromatic heterocycles. The van der Waals surface area contributed by atoms with E-state index in [2.05, 4.69) is 13.8 Å². The number of esters is 3. The standard InChI is InChI=1S/C19H20O7.C19H20O6.C17H18O5/c1-4-19(2,3)17(22)24-12-5-7-13(8-6-12)25-18(23)26-14-9-10-15(20)16(21)11-14;1-4-19(2,3)18(23)25-13-7-5-12(6-8-13)17(22)24-14-9-10-15(20)16(21)11-14;1-3-11(2)12-4-6-13(7-5-12)21-17(20)22-14-8-9-15(18)16(19)10-14/h5-11,20-21H,4H2,1-3H3;5-11,20-21H,4H2,1-3H3;4-11,18-19H,3H2,1-2H3. The van der Waals surface area contributed by atoms with Crippen LogP contribution in [0.3, 0.4) is 0 Å². The number of carbonyl (C=O) groups is 5. The summed E-state index contributed by atoms with van der Waals surface area (Å²) in [4.78, 5) is 59.5. The van der Waals surface area contributed by atoms with Crippen molar-refractivity contribution in [1.82, 2.24) is 0 Å². The van der Waals surface area contributed by atoms with Crippen molar-refractivity contribution in [3.8, 4) is 74.7 Å². The van der Waals surface area contributed by atoms with E-state index in [0.717, 1.165) is 24.6 Å². The third-order valence-corrected chi connectivity index (χ3v) is 11.1. The Morgan fingerprint density at radius 3 is 1.01 bits per heavy atom. The van der Waals surface area contributed by atoms with Crippen LogP contribution in [-0.4, -0.2) is 60.9 Å². The van der Waals surface area contributed by atoms with Gasteiger partial charge in [-0.15, -0.1) is 0 Å². The highest BCUT2D eigenvalue weighted by Crippen LogP contribution is 2.32. The van der Waals surface area contributed by atoms with Crippen LogP contribution in [0, 0.1) is 10.8 Å². The van der Waals surface area contributed by atoms with Crippen molar-refractivity contribution < 1.29 is 87.8 Å². The van der Waals surface area contributed by atoms with E-state index < -0.39 is 34.9 Å². The van der Waals surface area contributed by atoms with Crippen molar-refractivity contribution in [1.29, 1.82) is 0 Å². The molecule has 1 atom stereocenters. The lowest BCUT2D eigenvalue weighted by molar-refractivity contribution is -0.144. The second-order valence-electron chi connectivity index (χ2n) is 17.4. The molecule has 0 spiro atoms. The van der Waals surface area contributed by atoms with Gasteiger partial charge >= 0.3 is 30.2 Å². The number of hydrogen-bond donors (Lipinski definition) is 6. The van der Waals surface area contributed by atoms with Crippen molar-refractivity contribution in [3.05, 3.63) is 139 Å². The summed E-state index contributed by atoms with van der Waals surface area (Å²) in [5.41, 5.74) is 0.251. The molecular formula is C55H58O18. The van der Waals surface area contributed by atoms with Gasteiger partial charge in [0.25, 0.3) is 0 Å². The maximum atomic E-state index is 12.1. The fourth-order valence-electron chi connectivity index (χ4n) is 5.41. The first-order valence-corrected chi connectivity index (χ1v) is 22.8. The normalized spacial score (nSPS) is 11.2. The molecule has 0 aliphatic heterocycles. The summed E-state index contributed by atoms with van der Waals surface area (Å²) >= 11 is 0. The maximum Gasteiger partial charge on any atom is 0.519 e. The Hall–Kier alpha value is -8.93. The smallest absolute Gasteiger partial charge is 0.504 e. The van der Waals surface area contributed by atoms with E-state index in [1.807, 2.05) is 26.0 Å². The molecule has 6 rings (SSSR count). The zero-order chi connectivity index (χ0) is 54.0. The number of benzene rings is 6. The van der Waals surface area contributed by atoms with Crippen molar-refractivity contribution in [2.75, 3.05) is 0 Å². The molecule has 0 fully saturated rings. The van der Waals surface area contributed by atoms with E-state index in [1.54, 1.807) is 39.8 Å². The molecule has 73 heavy (non-hydrogen) atoms. The Morgan fingerprint density at radius 2 is 0.685 bits per heavy atom. The Morgan fingerprint density at radius 1 is 0.397 bits per heavy atom. The van der Waals surface area contributed by atoms with Crippen LogP contribution in [0.1, 0.15) is 96.5 Å². The Kier molecular flexibility index (Phi) is 20.0. The minimum absolute atomic E-state index is 0.0117. The summed E-state index contributed by atoms with van der Waals surface area (Å²) < 4.78 is 35.6. The van der Waals surface area contributed by atoms with Crippen molar-refractivity contribution in [2.24, 2.45) is 10.8 Å². The topological polar surface area (TPSA) is 271 Å².